The van der Waals surface area contributed by atoms with Crippen molar-refractivity contribution in [2.45, 2.75) is 6.54 Å². The Morgan fingerprint density at radius 2 is 2.05 bits per heavy atom. The fraction of sp³-hybridized carbons (Fsp3) is 0.0667. The van der Waals surface area contributed by atoms with Crippen LogP contribution in [0.5, 0.6) is 5.75 Å². The molecule has 1 heterocycles. The summed E-state index contributed by atoms with van der Waals surface area (Å²) in [6.07, 6.45) is 6.56. The largest absolute Gasteiger partial charge is 0.508 e. The van der Waals surface area contributed by atoms with E-state index >= 15 is 0 Å². The van der Waals surface area contributed by atoms with E-state index in [0.29, 0.717) is 6.54 Å². The molecule has 2 aromatic rings. The van der Waals surface area contributed by atoms with Gasteiger partial charge in [0, 0.05) is 25.0 Å². The highest BCUT2D eigenvalue weighted by Crippen LogP contribution is 2.10. The molecule has 0 fully saturated rings. The molecule has 4 nitrogen and oxygen atoms in total. The first kappa shape index (κ1) is 12.8. The minimum Gasteiger partial charge on any atom is -0.508 e. The number of phenols is 1. The lowest BCUT2D eigenvalue weighted by Gasteiger charge is -2.01. The van der Waals surface area contributed by atoms with Crippen LogP contribution < -0.4 is 5.32 Å². The van der Waals surface area contributed by atoms with E-state index in [1.54, 1.807) is 42.7 Å². The summed E-state index contributed by atoms with van der Waals surface area (Å²) in [5, 5.41) is 11.9. The van der Waals surface area contributed by atoms with E-state index in [4.69, 9.17) is 5.11 Å². The van der Waals surface area contributed by atoms with Crippen molar-refractivity contribution in [3.05, 3.63) is 66.0 Å². The number of phenolic OH excluding ortho intramolecular Hbond substituents is 1. The number of rotatable bonds is 4. The van der Waals surface area contributed by atoms with Crippen LogP contribution in [-0.2, 0) is 11.3 Å². The van der Waals surface area contributed by atoms with Crippen LogP contribution in [0.3, 0.4) is 0 Å². The summed E-state index contributed by atoms with van der Waals surface area (Å²) in [4.78, 5) is 15.6. The zero-order valence-electron chi connectivity index (χ0n) is 10.3. The second kappa shape index (κ2) is 6.35. The second-order valence-corrected chi connectivity index (χ2v) is 4.00. The normalized spacial score (nSPS) is 10.5. The zero-order chi connectivity index (χ0) is 13.5. The number of amides is 1. The van der Waals surface area contributed by atoms with Gasteiger partial charge in [-0.25, -0.2) is 0 Å². The predicted octanol–water partition coefficient (Wildman–Crippen LogP) is 2.12. The van der Waals surface area contributed by atoms with E-state index in [2.05, 4.69) is 10.3 Å². The lowest BCUT2D eigenvalue weighted by atomic mass is 10.2. The van der Waals surface area contributed by atoms with Gasteiger partial charge in [-0.15, -0.1) is 0 Å². The summed E-state index contributed by atoms with van der Waals surface area (Å²) < 4.78 is 0. The summed E-state index contributed by atoms with van der Waals surface area (Å²) in [5.41, 5.74) is 1.81. The zero-order valence-corrected chi connectivity index (χ0v) is 10.3. The summed E-state index contributed by atoms with van der Waals surface area (Å²) >= 11 is 0. The molecule has 2 N–H and O–H groups in total. The van der Waals surface area contributed by atoms with E-state index in [-0.39, 0.29) is 11.7 Å². The lowest BCUT2D eigenvalue weighted by molar-refractivity contribution is -0.116. The Morgan fingerprint density at radius 1 is 1.26 bits per heavy atom. The van der Waals surface area contributed by atoms with E-state index in [1.807, 2.05) is 12.1 Å². The smallest absolute Gasteiger partial charge is 0.244 e. The number of aromatic nitrogens is 1. The van der Waals surface area contributed by atoms with Crippen LogP contribution in [-0.4, -0.2) is 16.0 Å². The van der Waals surface area contributed by atoms with Crippen LogP contribution in [0.15, 0.2) is 54.9 Å². The number of hydrogen-bond acceptors (Lipinski definition) is 3. The van der Waals surface area contributed by atoms with Crippen molar-refractivity contribution in [1.29, 1.82) is 0 Å². The van der Waals surface area contributed by atoms with Gasteiger partial charge in [-0.1, -0.05) is 18.2 Å². The number of carbonyl (C=O) groups is 1. The topological polar surface area (TPSA) is 62.2 Å². The maximum Gasteiger partial charge on any atom is 0.244 e. The number of nitrogens with zero attached hydrogens (tertiary/aromatic N) is 1. The van der Waals surface area contributed by atoms with Gasteiger partial charge in [-0.3, -0.25) is 9.78 Å². The van der Waals surface area contributed by atoms with Gasteiger partial charge in [0.1, 0.15) is 5.75 Å². The van der Waals surface area contributed by atoms with Crippen LogP contribution in [0.2, 0.25) is 0 Å². The van der Waals surface area contributed by atoms with Gasteiger partial charge < -0.3 is 10.4 Å². The average molecular weight is 254 g/mol. The van der Waals surface area contributed by atoms with Crippen LogP contribution in [0.1, 0.15) is 11.1 Å². The van der Waals surface area contributed by atoms with Crippen molar-refractivity contribution in [2.24, 2.45) is 0 Å². The number of nitrogens with one attached hydrogen (secondary N) is 1. The van der Waals surface area contributed by atoms with Gasteiger partial charge in [0.2, 0.25) is 5.91 Å². The third-order valence-corrected chi connectivity index (χ3v) is 2.51. The van der Waals surface area contributed by atoms with E-state index in [9.17, 15) is 4.79 Å². The Hall–Kier alpha value is -2.62. The van der Waals surface area contributed by atoms with Gasteiger partial charge in [0.25, 0.3) is 0 Å². The number of carbonyl (C=O) groups excluding carboxylic acids is 1. The van der Waals surface area contributed by atoms with E-state index in [0.717, 1.165) is 11.1 Å². The van der Waals surface area contributed by atoms with Crippen LogP contribution in [0, 0.1) is 0 Å². The second-order valence-electron chi connectivity index (χ2n) is 4.00. The summed E-state index contributed by atoms with van der Waals surface area (Å²) in [6, 6.07) is 10.4. The van der Waals surface area contributed by atoms with Gasteiger partial charge in [-0.2, -0.15) is 0 Å². The Bertz CT molecular complexity index is 562. The standard InChI is InChI=1S/C15H14N2O2/c18-14-6-3-12(4-7-14)5-8-15(19)17-11-13-2-1-9-16-10-13/h1-10,18H,11H2,(H,17,19)/b8-5+. The molecule has 19 heavy (non-hydrogen) atoms. The van der Waals surface area contributed by atoms with Gasteiger partial charge in [0.05, 0.1) is 0 Å². The van der Waals surface area contributed by atoms with Crippen molar-refractivity contribution in [1.82, 2.24) is 10.3 Å². The summed E-state index contributed by atoms with van der Waals surface area (Å²) in [7, 11) is 0. The molecule has 0 aliphatic rings. The Balaban J connectivity index is 1.86. The Kier molecular flexibility index (Phi) is 4.29. The number of hydrogen-bond donors (Lipinski definition) is 2. The van der Waals surface area contributed by atoms with E-state index < -0.39 is 0 Å². The van der Waals surface area contributed by atoms with Crippen molar-refractivity contribution in [3.63, 3.8) is 0 Å². The third kappa shape index (κ3) is 4.27. The molecule has 0 unspecified atom stereocenters. The van der Waals surface area contributed by atoms with Gasteiger partial charge >= 0.3 is 0 Å². The molecule has 4 heteroatoms. The van der Waals surface area contributed by atoms with Crippen molar-refractivity contribution in [3.8, 4) is 5.75 Å². The van der Waals surface area contributed by atoms with Crippen LogP contribution >= 0.6 is 0 Å². The maximum absolute atomic E-state index is 11.6. The molecule has 0 aliphatic heterocycles. The third-order valence-electron chi connectivity index (χ3n) is 2.51. The minimum atomic E-state index is -0.170. The molecule has 0 atom stereocenters. The highest BCUT2D eigenvalue weighted by Gasteiger charge is 1.96. The van der Waals surface area contributed by atoms with Crippen LogP contribution in [0.25, 0.3) is 6.08 Å². The fourth-order valence-corrected chi connectivity index (χ4v) is 1.51. The monoisotopic (exact) mass is 254 g/mol. The predicted molar refractivity (Wildman–Crippen MR) is 73.2 cm³/mol. The molecule has 0 radical (unpaired) electrons. The molecule has 0 aliphatic carbocycles. The summed E-state index contributed by atoms with van der Waals surface area (Å²) in [5.74, 6) is 0.0371. The number of pyridine rings is 1. The molecule has 96 valence electrons. The number of aromatic hydroxyl groups is 1. The summed E-state index contributed by atoms with van der Waals surface area (Å²) in [6.45, 7) is 0.451. The molecule has 1 aromatic heterocycles. The fourth-order valence-electron chi connectivity index (χ4n) is 1.51. The molecule has 0 saturated heterocycles. The molecule has 1 aromatic carbocycles. The first-order valence-electron chi connectivity index (χ1n) is 5.88. The highest BCUT2D eigenvalue weighted by molar-refractivity contribution is 5.91. The van der Waals surface area contributed by atoms with Gasteiger partial charge in [0.15, 0.2) is 0 Å². The molecular weight excluding hydrogens is 240 g/mol. The molecule has 2 rings (SSSR count). The molecular formula is C15H14N2O2. The molecule has 1 amide bonds. The minimum absolute atomic E-state index is 0.170. The lowest BCUT2D eigenvalue weighted by Crippen LogP contribution is -2.20. The first-order chi connectivity index (χ1) is 9.24. The molecule has 0 bridgehead atoms. The molecule has 0 spiro atoms. The highest BCUT2D eigenvalue weighted by atomic mass is 16.3. The van der Waals surface area contributed by atoms with Crippen LogP contribution in [0.4, 0.5) is 0 Å². The first-order valence-corrected chi connectivity index (χ1v) is 5.88. The van der Waals surface area contributed by atoms with Gasteiger partial charge in [-0.05, 0) is 35.4 Å². The van der Waals surface area contributed by atoms with Crippen molar-refractivity contribution >= 4 is 12.0 Å². The van der Waals surface area contributed by atoms with Crippen molar-refractivity contribution in [2.75, 3.05) is 0 Å². The SMILES string of the molecule is O=C(/C=C/c1ccc(O)cc1)NCc1cccnc1. The molecule has 0 saturated carbocycles. The van der Waals surface area contributed by atoms with Crippen molar-refractivity contribution < 1.29 is 9.90 Å². The quantitative estimate of drug-likeness (QED) is 0.821. The Labute approximate surface area is 111 Å². The van der Waals surface area contributed by atoms with E-state index in [1.165, 1.54) is 6.08 Å². The maximum atomic E-state index is 11.6. The average Bonchev–Trinajstić information content (AvgIpc) is 2.45. The Morgan fingerprint density at radius 3 is 2.74 bits per heavy atom. The number of benzene rings is 1.